The van der Waals surface area contributed by atoms with Gasteiger partial charge in [-0.2, -0.15) is 9.78 Å². The lowest BCUT2D eigenvalue weighted by Crippen LogP contribution is -2.36. The first-order valence-electron chi connectivity index (χ1n) is 12.9. The Morgan fingerprint density at radius 3 is 2.81 bits per heavy atom. The van der Waals surface area contributed by atoms with Crippen molar-refractivity contribution in [2.24, 2.45) is 5.10 Å². The topological polar surface area (TPSA) is 168 Å². The van der Waals surface area contributed by atoms with E-state index in [0.717, 1.165) is 5.56 Å². The van der Waals surface area contributed by atoms with E-state index in [-0.39, 0.29) is 17.3 Å². The molecule has 0 bridgehead atoms. The van der Waals surface area contributed by atoms with Gasteiger partial charge in [0.05, 0.1) is 30.5 Å². The molecule has 1 aliphatic rings. The average Bonchev–Trinajstić information content (AvgIpc) is 3.59. The molecule has 0 unspecified atom stereocenters. The number of carbonyl (C=O) groups excluding carboxylic acids is 1. The largest absolute Gasteiger partial charge is 0.490 e. The molecule has 42 heavy (non-hydrogen) atoms. The zero-order chi connectivity index (χ0) is 29.5. The Bertz CT molecular complexity index is 1570. The highest BCUT2D eigenvalue weighted by Crippen LogP contribution is 2.37. The van der Waals surface area contributed by atoms with E-state index in [1.165, 1.54) is 10.9 Å². The Labute approximate surface area is 253 Å². The third-order valence-corrected chi connectivity index (χ3v) is 6.94. The number of ether oxygens (including phenoxy) is 3. The van der Waals surface area contributed by atoms with Gasteiger partial charge in [-0.3, -0.25) is 9.69 Å². The molecule has 16 heteroatoms. The maximum atomic E-state index is 13.4. The van der Waals surface area contributed by atoms with Gasteiger partial charge in [-0.1, -0.05) is 28.9 Å². The van der Waals surface area contributed by atoms with Gasteiger partial charge in [-0.25, -0.2) is 10.1 Å². The molecule has 0 saturated carbocycles. The predicted octanol–water partition coefficient (Wildman–Crippen LogP) is 3.22. The number of hydrogen-bond donors (Lipinski definition) is 2. The van der Waals surface area contributed by atoms with Crippen molar-refractivity contribution in [3.05, 3.63) is 68.4 Å². The highest BCUT2D eigenvalue weighted by atomic mass is 79.9. The van der Waals surface area contributed by atoms with E-state index in [9.17, 15) is 4.79 Å². The molecule has 4 aromatic rings. The molecule has 0 radical (unpaired) electrons. The van der Waals surface area contributed by atoms with E-state index in [2.05, 4.69) is 52.0 Å². The summed E-state index contributed by atoms with van der Waals surface area (Å²) >= 11 is 9.65. The second kappa shape index (κ2) is 13.7. The normalized spacial score (nSPS) is 13.9. The van der Waals surface area contributed by atoms with E-state index in [0.29, 0.717) is 78.3 Å². The Kier molecular flexibility index (Phi) is 9.63. The summed E-state index contributed by atoms with van der Waals surface area (Å²) in [5, 5.41) is 20.4. The maximum absolute atomic E-state index is 13.4. The minimum Gasteiger partial charge on any atom is -0.490 e. The minimum atomic E-state index is -0.576. The molecule has 3 heterocycles. The van der Waals surface area contributed by atoms with Gasteiger partial charge in [-0.15, -0.1) is 5.10 Å². The fraction of sp³-hybridized carbons (Fsp3) is 0.308. The second-order valence-electron chi connectivity index (χ2n) is 9.04. The number of nitrogens with two attached hydrogens (primary N) is 1. The molecule has 1 aliphatic heterocycles. The standard InChI is InChI=1S/C26H27BrClN9O5/c1-2-40-21-12-17(11-19(27)23(21)41-15-16-4-3-5-18(28)10-16)13-30-32-26(38)22-20(14-36-6-8-39-9-7-36)31-35-37(22)25-24(29)33-42-34-25/h3-5,10-13H,2,6-9,14-15H2,1H3,(H2,29,33)(H,32,38)/b30-13-. The molecule has 0 aliphatic carbocycles. The Hall–Kier alpha value is -4.05. The summed E-state index contributed by atoms with van der Waals surface area (Å²) < 4.78 is 23.8. The molecule has 2 aromatic carbocycles. The van der Waals surface area contributed by atoms with Crippen LogP contribution in [0.3, 0.4) is 0 Å². The molecule has 14 nitrogen and oxygen atoms in total. The third kappa shape index (κ3) is 7.05. The number of carbonyl (C=O) groups is 1. The van der Waals surface area contributed by atoms with Crippen LogP contribution in [0, 0.1) is 0 Å². The first kappa shape index (κ1) is 29.4. The van der Waals surface area contributed by atoms with Crippen molar-refractivity contribution >= 4 is 45.5 Å². The van der Waals surface area contributed by atoms with Gasteiger partial charge < -0.3 is 19.9 Å². The highest BCUT2D eigenvalue weighted by molar-refractivity contribution is 9.10. The molecule has 1 fully saturated rings. The van der Waals surface area contributed by atoms with Crippen LogP contribution in [0.4, 0.5) is 5.82 Å². The smallest absolute Gasteiger partial charge is 0.292 e. The minimum absolute atomic E-state index is 0.0404. The molecule has 0 spiro atoms. The van der Waals surface area contributed by atoms with Crippen LogP contribution in [-0.4, -0.2) is 75.2 Å². The van der Waals surface area contributed by atoms with E-state index in [4.69, 9.17) is 36.2 Å². The van der Waals surface area contributed by atoms with Gasteiger partial charge in [-0.05, 0) is 68.6 Å². The molecular formula is C26H27BrClN9O5. The predicted molar refractivity (Wildman–Crippen MR) is 156 cm³/mol. The van der Waals surface area contributed by atoms with Crippen LogP contribution in [-0.2, 0) is 17.9 Å². The Balaban J connectivity index is 1.34. The van der Waals surface area contributed by atoms with Crippen LogP contribution >= 0.6 is 27.5 Å². The van der Waals surface area contributed by atoms with Crippen molar-refractivity contribution in [2.45, 2.75) is 20.1 Å². The molecule has 3 N–H and O–H groups in total. The molecule has 0 atom stereocenters. The van der Waals surface area contributed by atoms with Crippen molar-refractivity contribution in [3.8, 4) is 17.3 Å². The van der Waals surface area contributed by atoms with Gasteiger partial charge >= 0.3 is 0 Å². The van der Waals surface area contributed by atoms with Gasteiger partial charge in [0, 0.05) is 24.7 Å². The van der Waals surface area contributed by atoms with Crippen molar-refractivity contribution < 1.29 is 23.6 Å². The first-order chi connectivity index (χ1) is 20.4. The lowest BCUT2D eigenvalue weighted by atomic mass is 10.2. The number of hydrazone groups is 1. The fourth-order valence-corrected chi connectivity index (χ4v) is 4.96. The summed E-state index contributed by atoms with van der Waals surface area (Å²) in [6, 6.07) is 11.0. The van der Waals surface area contributed by atoms with Crippen molar-refractivity contribution in [3.63, 3.8) is 0 Å². The van der Waals surface area contributed by atoms with Crippen molar-refractivity contribution in [1.82, 2.24) is 35.6 Å². The molecule has 1 amide bonds. The summed E-state index contributed by atoms with van der Waals surface area (Å²) in [5.41, 5.74) is 10.5. The van der Waals surface area contributed by atoms with Crippen LogP contribution < -0.4 is 20.6 Å². The summed E-state index contributed by atoms with van der Waals surface area (Å²) in [4.78, 5) is 15.5. The van der Waals surface area contributed by atoms with Crippen molar-refractivity contribution in [2.75, 3.05) is 38.6 Å². The number of nitrogens with zero attached hydrogens (tertiary/aromatic N) is 7. The molecule has 220 valence electrons. The van der Waals surface area contributed by atoms with Crippen LogP contribution in [0.5, 0.6) is 11.5 Å². The van der Waals surface area contributed by atoms with Gasteiger partial charge in [0.2, 0.25) is 11.6 Å². The SMILES string of the molecule is CCOc1cc(/C=N\NC(=O)c2c(CN3CCOCC3)nnn2-c2nonc2N)cc(Br)c1OCc1cccc(Cl)c1. The lowest BCUT2D eigenvalue weighted by molar-refractivity contribution is 0.0335. The summed E-state index contributed by atoms with van der Waals surface area (Å²) in [6.45, 7) is 5.50. The number of anilines is 1. The van der Waals surface area contributed by atoms with E-state index >= 15 is 0 Å². The quantitative estimate of drug-likeness (QED) is 0.179. The number of morpholine rings is 1. The number of nitrogen functional groups attached to an aromatic ring is 1. The Morgan fingerprint density at radius 2 is 2.07 bits per heavy atom. The number of amides is 1. The summed E-state index contributed by atoms with van der Waals surface area (Å²) in [7, 11) is 0. The zero-order valence-corrected chi connectivity index (χ0v) is 24.8. The monoisotopic (exact) mass is 659 g/mol. The van der Waals surface area contributed by atoms with Gasteiger partial charge in [0.15, 0.2) is 17.2 Å². The number of nitrogens with one attached hydrogen (secondary N) is 1. The number of halogens is 2. The number of benzene rings is 2. The third-order valence-electron chi connectivity index (χ3n) is 6.11. The van der Waals surface area contributed by atoms with Gasteiger partial charge in [0.1, 0.15) is 12.3 Å². The molecule has 1 saturated heterocycles. The van der Waals surface area contributed by atoms with Crippen LogP contribution in [0.25, 0.3) is 5.82 Å². The summed E-state index contributed by atoms with van der Waals surface area (Å²) in [6.07, 6.45) is 1.48. The van der Waals surface area contributed by atoms with Crippen LogP contribution in [0.2, 0.25) is 5.02 Å². The number of rotatable bonds is 11. The Morgan fingerprint density at radius 1 is 1.24 bits per heavy atom. The molecule has 5 rings (SSSR count). The van der Waals surface area contributed by atoms with E-state index in [1.54, 1.807) is 18.2 Å². The fourth-order valence-electron chi connectivity index (χ4n) is 4.17. The molecular weight excluding hydrogens is 634 g/mol. The van der Waals surface area contributed by atoms with E-state index in [1.807, 2.05) is 25.1 Å². The average molecular weight is 661 g/mol. The summed E-state index contributed by atoms with van der Waals surface area (Å²) in [5.74, 6) is 0.461. The van der Waals surface area contributed by atoms with E-state index < -0.39 is 5.91 Å². The maximum Gasteiger partial charge on any atom is 0.292 e. The molecule has 2 aromatic heterocycles. The lowest BCUT2D eigenvalue weighted by Gasteiger charge is -2.25. The van der Waals surface area contributed by atoms with Gasteiger partial charge in [0.25, 0.3) is 5.91 Å². The first-order valence-corrected chi connectivity index (χ1v) is 14.1. The second-order valence-corrected chi connectivity index (χ2v) is 10.3. The highest BCUT2D eigenvalue weighted by Gasteiger charge is 2.26. The zero-order valence-electron chi connectivity index (χ0n) is 22.5. The number of hydrogen-bond acceptors (Lipinski definition) is 12. The van der Waals surface area contributed by atoms with Crippen LogP contribution in [0.15, 0.2) is 50.6 Å². The number of aromatic nitrogens is 5. The van der Waals surface area contributed by atoms with Crippen LogP contribution in [0.1, 0.15) is 34.2 Å². The van der Waals surface area contributed by atoms with Crippen molar-refractivity contribution in [1.29, 1.82) is 0 Å².